The molecule has 2 rings (SSSR count). The number of hydrogen-bond acceptors (Lipinski definition) is 1. The van der Waals surface area contributed by atoms with Crippen molar-refractivity contribution < 1.29 is 26.3 Å². The van der Waals surface area contributed by atoms with Gasteiger partial charge in [-0.2, -0.15) is 0 Å². The van der Waals surface area contributed by atoms with Gasteiger partial charge in [0.15, 0.2) is 12.3 Å². The first kappa shape index (κ1) is 23.3. The fourth-order valence-electron chi connectivity index (χ4n) is 2.54. The first-order valence-corrected chi connectivity index (χ1v) is 9.86. The Bertz CT molecular complexity index is 626. The lowest BCUT2D eigenvalue weighted by Crippen LogP contribution is -2.43. The van der Waals surface area contributed by atoms with Crippen molar-refractivity contribution in [1.29, 1.82) is 0 Å². The van der Waals surface area contributed by atoms with Crippen LogP contribution in [0.15, 0.2) is 47.6 Å². The molecular weight excluding hydrogens is 480 g/mol. The third-order valence-electron chi connectivity index (χ3n) is 3.89. The topological polar surface area (TPSA) is 0 Å². The van der Waals surface area contributed by atoms with Gasteiger partial charge in [0.2, 0.25) is 0 Å². The normalized spacial score (nSPS) is 36.0. The second kappa shape index (κ2) is 8.82. The molecule has 0 bridgehead atoms. The van der Waals surface area contributed by atoms with Crippen molar-refractivity contribution in [2.24, 2.45) is 0 Å². The molecule has 0 radical (unpaired) electrons. The van der Waals surface area contributed by atoms with Crippen LogP contribution in [0.2, 0.25) is 0 Å². The Morgan fingerprint density at radius 3 is 1.37 bits per heavy atom. The zero-order valence-corrected chi connectivity index (χ0v) is 17.0. The summed E-state index contributed by atoms with van der Waals surface area (Å²) in [6.45, 7) is 0. The average molecular weight is 492 g/mol. The SMILES string of the molecule is FC(F)C(F)C1=CC=CC(Cl)(SC2(Cl)C=CC=C(C(F)C(F)F)C2Cl)C1Cl. The smallest absolute Gasteiger partial charge is 0.236 e. The van der Waals surface area contributed by atoms with Crippen molar-refractivity contribution in [2.75, 3.05) is 0 Å². The molecule has 152 valence electrons. The van der Waals surface area contributed by atoms with Crippen molar-refractivity contribution in [1.82, 2.24) is 0 Å². The van der Waals surface area contributed by atoms with E-state index < -0.39 is 55.5 Å². The quantitative estimate of drug-likeness (QED) is 0.284. The highest BCUT2D eigenvalue weighted by atomic mass is 35.5. The monoisotopic (exact) mass is 490 g/mol. The van der Waals surface area contributed by atoms with E-state index in [1.165, 1.54) is 24.3 Å². The molecular formula is C16H12Cl4F6S. The predicted octanol–water partition coefficient (Wildman–Crippen LogP) is 7.00. The van der Waals surface area contributed by atoms with Gasteiger partial charge >= 0.3 is 0 Å². The maximum Gasteiger partial charge on any atom is 0.273 e. The minimum Gasteiger partial charge on any atom is -0.236 e. The van der Waals surface area contributed by atoms with Gasteiger partial charge in [-0.05, 0) is 11.1 Å². The summed E-state index contributed by atoms with van der Waals surface area (Å²) in [5.41, 5.74) is -0.927. The van der Waals surface area contributed by atoms with Crippen LogP contribution in [0.4, 0.5) is 26.3 Å². The maximum absolute atomic E-state index is 13.8. The molecule has 0 N–H and O–H groups in total. The molecule has 0 saturated heterocycles. The summed E-state index contributed by atoms with van der Waals surface area (Å²) in [6, 6.07) is 0. The molecule has 0 aromatic rings. The molecule has 11 heteroatoms. The minimum absolute atomic E-state index is 0.463. The highest BCUT2D eigenvalue weighted by molar-refractivity contribution is 8.05. The van der Waals surface area contributed by atoms with Crippen molar-refractivity contribution in [3.8, 4) is 0 Å². The summed E-state index contributed by atoms with van der Waals surface area (Å²) in [5, 5.41) is -2.90. The lowest BCUT2D eigenvalue weighted by Gasteiger charge is -2.41. The Morgan fingerprint density at radius 2 is 1.07 bits per heavy atom. The van der Waals surface area contributed by atoms with Gasteiger partial charge in [-0.3, -0.25) is 0 Å². The van der Waals surface area contributed by atoms with Gasteiger partial charge in [-0.25, -0.2) is 26.3 Å². The van der Waals surface area contributed by atoms with Crippen LogP contribution in [0, 0.1) is 0 Å². The van der Waals surface area contributed by atoms with E-state index in [9.17, 15) is 26.3 Å². The molecule has 27 heavy (non-hydrogen) atoms. The van der Waals surface area contributed by atoms with Crippen LogP contribution in [0.1, 0.15) is 0 Å². The molecule has 0 nitrogen and oxygen atoms in total. The number of hydrogen-bond donors (Lipinski definition) is 0. The molecule has 0 aromatic carbocycles. The fourth-order valence-corrected chi connectivity index (χ4v) is 5.87. The summed E-state index contributed by atoms with van der Waals surface area (Å²) in [5.74, 6) is 0. The molecule has 6 atom stereocenters. The van der Waals surface area contributed by atoms with Crippen LogP contribution in [-0.4, -0.2) is 44.4 Å². The number of alkyl halides is 10. The lowest BCUT2D eigenvalue weighted by atomic mass is 9.99. The number of rotatable bonds is 6. The van der Waals surface area contributed by atoms with Gasteiger partial charge in [0.1, 0.15) is 8.41 Å². The van der Waals surface area contributed by atoms with E-state index in [0.717, 1.165) is 12.2 Å². The lowest BCUT2D eigenvalue weighted by molar-refractivity contribution is 0.0675. The summed E-state index contributed by atoms with van der Waals surface area (Å²) in [4.78, 5) is 0. The second-order valence-electron chi connectivity index (χ2n) is 5.75. The summed E-state index contributed by atoms with van der Waals surface area (Å²) >= 11 is 25.7. The number of thioether (sulfide) groups is 1. The van der Waals surface area contributed by atoms with Crippen LogP contribution in [0.3, 0.4) is 0 Å². The van der Waals surface area contributed by atoms with Gasteiger partial charge in [-0.1, -0.05) is 36.5 Å². The van der Waals surface area contributed by atoms with Crippen LogP contribution in [0.25, 0.3) is 0 Å². The Labute approximate surface area is 176 Å². The first-order chi connectivity index (χ1) is 12.4. The Hall–Kier alpha value is 0.0500. The molecule has 0 spiro atoms. The molecule has 6 unspecified atom stereocenters. The van der Waals surface area contributed by atoms with Crippen LogP contribution in [-0.2, 0) is 0 Å². The van der Waals surface area contributed by atoms with Gasteiger partial charge in [-0.15, -0.1) is 58.2 Å². The Balaban J connectivity index is 2.28. The predicted molar refractivity (Wildman–Crippen MR) is 100 cm³/mol. The van der Waals surface area contributed by atoms with Crippen LogP contribution < -0.4 is 0 Å². The van der Waals surface area contributed by atoms with Crippen molar-refractivity contribution in [3.63, 3.8) is 0 Å². The van der Waals surface area contributed by atoms with Crippen molar-refractivity contribution in [2.45, 2.75) is 44.4 Å². The fraction of sp³-hybridized carbons (Fsp3) is 0.500. The summed E-state index contributed by atoms with van der Waals surface area (Å²) in [7, 11) is 0. The van der Waals surface area contributed by atoms with Gasteiger partial charge < -0.3 is 0 Å². The van der Waals surface area contributed by atoms with E-state index in [4.69, 9.17) is 46.4 Å². The van der Waals surface area contributed by atoms with Crippen LogP contribution in [0.5, 0.6) is 0 Å². The zero-order chi connectivity index (χ0) is 20.6. The molecule has 0 heterocycles. The maximum atomic E-state index is 13.8. The van der Waals surface area contributed by atoms with Crippen LogP contribution >= 0.6 is 58.2 Å². The van der Waals surface area contributed by atoms with E-state index in [1.54, 1.807) is 0 Å². The molecule has 0 aromatic heterocycles. The van der Waals surface area contributed by atoms with Gasteiger partial charge in [0.05, 0.1) is 10.8 Å². The summed E-state index contributed by atoms with van der Waals surface area (Å²) in [6.07, 6.45) is -4.75. The van der Waals surface area contributed by atoms with E-state index in [-0.39, 0.29) is 0 Å². The van der Waals surface area contributed by atoms with E-state index in [0.29, 0.717) is 11.8 Å². The van der Waals surface area contributed by atoms with E-state index in [2.05, 4.69) is 0 Å². The molecule has 2 aliphatic rings. The minimum atomic E-state index is -3.32. The second-order valence-corrected chi connectivity index (χ2v) is 9.87. The zero-order valence-electron chi connectivity index (χ0n) is 13.1. The first-order valence-electron chi connectivity index (χ1n) is 7.42. The molecule has 0 aliphatic heterocycles. The number of halogens is 10. The van der Waals surface area contributed by atoms with Crippen molar-refractivity contribution in [3.05, 3.63) is 47.6 Å². The summed E-state index contributed by atoms with van der Waals surface area (Å²) < 4.78 is 75.0. The molecule has 0 fully saturated rings. The molecule has 2 aliphatic carbocycles. The van der Waals surface area contributed by atoms with E-state index in [1.807, 2.05) is 0 Å². The Morgan fingerprint density at radius 1 is 0.741 bits per heavy atom. The number of allylic oxidation sites excluding steroid dienone is 6. The Kier molecular flexibility index (Phi) is 7.62. The standard InChI is InChI=1S/C16H12Cl4F6S/c17-11-7(9(21)13(23)24)3-1-5-15(11,19)27-16(20)6-2-4-8(12(16)18)10(22)14(25)26/h1-6,9-14H. The third kappa shape index (κ3) is 4.80. The highest BCUT2D eigenvalue weighted by Gasteiger charge is 2.51. The highest BCUT2D eigenvalue weighted by Crippen LogP contribution is 2.56. The third-order valence-corrected chi connectivity index (χ3v) is 8.09. The van der Waals surface area contributed by atoms with Gasteiger partial charge in [0.25, 0.3) is 12.9 Å². The molecule has 0 amide bonds. The average Bonchev–Trinajstić information content (AvgIpc) is 2.58. The van der Waals surface area contributed by atoms with Gasteiger partial charge in [0, 0.05) is 0 Å². The van der Waals surface area contributed by atoms with E-state index >= 15 is 0 Å². The van der Waals surface area contributed by atoms with Crippen molar-refractivity contribution >= 4 is 58.2 Å². The largest absolute Gasteiger partial charge is 0.273 e. The molecule has 0 saturated carbocycles.